The molecule has 2 aliphatic heterocycles. The van der Waals surface area contributed by atoms with Gasteiger partial charge in [0.25, 0.3) is 0 Å². The van der Waals surface area contributed by atoms with Crippen molar-refractivity contribution >= 4 is 29.2 Å². The van der Waals surface area contributed by atoms with Crippen molar-refractivity contribution < 1.29 is 47.9 Å². The molecule has 2 aromatic carbocycles. The van der Waals surface area contributed by atoms with Crippen LogP contribution in [0.4, 0.5) is 18.9 Å². The molecule has 0 spiro atoms. The van der Waals surface area contributed by atoms with Crippen LogP contribution in [0.1, 0.15) is 18.4 Å². The van der Waals surface area contributed by atoms with E-state index in [4.69, 9.17) is 31.3 Å². The fourth-order valence-corrected chi connectivity index (χ4v) is 4.70. The molecule has 2 aromatic rings. The zero-order chi connectivity index (χ0) is 29.4. The molecule has 1 unspecified atom stereocenters. The number of β-amino-alcohol motifs (C(OH)–C–C–N with tert-alkyl or cyclic N) is 1. The first-order chi connectivity index (χ1) is 18.8. The number of aliphatic hydroxyl groups excluding tert-OH is 1. The molecule has 40 heavy (non-hydrogen) atoms. The smallest absolute Gasteiger partial charge is 0.490 e. The summed E-state index contributed by atoms with van der Waals surface area (Å²) in [7, 11) is 0. The lowest BCUT2D eigenvalue weighted by Gasteiger charge is -2.34. The third kappa shape index (κ3) is 9.44. The number of carbonyl (C=O) groups is 2. The monoisotopic (exact) mass is 589 g/mol. The van der Waals surface area contributed by atoms with E-state index in [0.717, 1.165) is 37.5 Å². The van der Waals surface area contributed by atoms with Crippen LogP contribution in [0.15, 0.2) is 42.5 Å². The fourth-order valence-electron chi connectivity index (χ4n) is 4.57. The molecule has 220 valence electrons. The van der Waals surface area contributed by atoms with Crippen LogP contribution in [-0.2, 0) is 16.1 Å². The highest BCUT2D eigenvalue weighted by molar-refractivity contribution is 6.30. The van der Waals surface area contributed by atoms with Crippen LogP contribution in [0.5, 0.6) is 11.5 Å². The number of aliphatic carboxylic acids is 2. The van der Waals surface area contributed by atoms with E-state index in [1.807, 2.05) is 17.0 Å². The minimum atomic E-state index is -5.08. The standard InChI is InChI=1S/C24H30ClN3O5.C2HF3O2/c25-17-3-1-16(2-4-17)12-27-9-7-18(8-10-27)26-20-13-28(14-22(20)30)21-11-19(29)5-6-23(21)33-15-24(31)32;3-2(4,5)1(6)7/h1-6,11,18,20,22,26,29-30H,7-10,12-15H2,(H,31,32);(H,6,7)/t20?,22-;/m1./s1. The summed E-state index contributed by atoms with van der Waals surface area (Å²) in [6.07, 6.45) is -3.67. The highest BCUT2D eigenvalue weighted by atomic mass is 35.5. The summed E-state index contributed by atoms with van der Waals surface area (Å²) < 4.78 is 37.1. The Morgan fingerprint density at radius 2 is 1.68 bits per heavy atom. The van der Waals surface area contributed by atoms with Crippen molar-refractivity contribution in [3.8, 4) is 11.5 Å². The van der Waals surface area contributed by atoms with Gasteiger partial charge in [-0.15, -0.1) is 0 Å². The van der Waals surface area contributed by atoms with Gasteiger partial charge in [0.2, 0.25) is 0 Å². The number of nitrogens with zero attached hydrogens (tertiary/aromatic N) is 2. The molecular weight excluding hydrogens is 559 g/mol. The van der Waals surface area contributed by atoms with E-state index in [-0.39, 0.29) is 11.8 Å². The molecule has 5 N–H and O–H groups in total. The summed E-state index contributed by atoms with van der Waals surface area (Å²) in [4.78, 5) is 24.1. The lowest BCUT2D eigenvalue weighted by atomic mass is 10.0. The predicted molar refractivity (Wildman–Crippen MR) is 140 cm³/mol. The highest BCUT2D eigenvalue weighted by Gasteiger charge is 2.38. The van der Waals surface area contributed by atoms with E-state index in [1.54, 1.807) is 12.1 Å². The van der Waals surface area contributed by atoms with Crippen molar-refractivity contribution in [1.82, 2.24) is 10.2 Å². The zero-order valence-electron chi connectivity index (χ0n) is 21.4. The van der Waals surface area contributed by atoms with Gasteiger partial charge in [0.15, 0.2) is 6.61 Å². The van der Waals surface area contributed by atoms with Gasteiger partial charge in [-0.1, -0.05) is 23.7 Å². The Labute approximate surface area is 233 Å². The van der Waals surface area contributed by atoms with Crippen LogP contribution < -0.4 is 15.0 Å². The average Bonchev–Trinajstić information content (AvgIpc) is 3.25. The summed E-state index contributed by atoms with van der Waals surface area (Å²) in [6, 6.07) is 12.7. The number of hydrogen-bond acceptors (Lipinski definition) is 8. The third-order valence-corrected chi connectivity index (χ3v) is 6.77. The zero-order valence-corrected chi connectivity index (χ0v) is 22.1. The van der Waals surface area contributed by atoms with Crippen LogP contribution in [-0.4, -0.2) is 94.4 Å². The Bertz CT molecular complexity index is 1150. The topological polar surface area (TPSA) is 143 Å². The first-order valence-electron chi connectivity index (χ1n) is 12.5. The van der Waals surface area contributed by atoms with E-state index >= 15 is 0 Å². The Morgan fingerprint density at radius 1 is 1.05 bits per heavy atom. The number of nitrogens with one attached hydrogen (secondary N) is 1. The average molecular weight is 590 g/mol. The van der Waals surface area contributed by atoms with Crippen LogP contribution in [0.2, 0.25) is 5.02 Å². The number of piperidine rings is 1. The number of likely N-dealkylation sites (tertiary alicyclic amines) is 1. The second-order valence-corrected chi connectivity index (χ2v) is 10.00. The third-order valence-electron chi connectivity index (χ3n) is 6.52. The SMILES string of the molecule is O=C(O)C(F)(F)F.O=C(O)COc1ccc(O)cc1N1CC(NC2CCN(Cc3ccc(Cl)cc3)CC2)[C@H](O)C1. The molecule has 2 heterocycles. The largest absolute Gasteiger partial charge is 0.508 e. The van der Waals surface area contributed by atoms with Crippen molar-refractivity contribution in [3.05, 3.63) is 53.1 Å². The summed E-state index contributed by atoms with van der Waals surface area (Å²) in [5.74, 6) is -3.39. The van der Waals surface area contributed by atoms with Crippen LogP contribution in [0, 0.1) is 0 Å². The minimum Gasteiger partial charge on any atom is -0.508 e. The maximum absolute atomic E-state index is 10.9. The van der Waals surface area contributed by atoms with Gasteiger partial charge in [0.05, 0.1) is 17.8 Å². The molecule has 0 aromatic heterocycles. The molecule has 0 saturated carbocycles. The van der Waals surface area contributed by atoms with E-state index in [9.17, 15) is 28.2 Å². The van der Waals surface area contributed by atoms with Gasteiger partial charge in [0, 0.05) is 36.8 Å². The van der Waals surface area contributed by atoms with E-state index in [0.29, 0.717) is 30.6 Å². The molecule has 4 rings (SSSR count). The Balaban J connectivity index is 0.000000559. The van der Waals surface area contributed by atoms with Crippen LogP contribution in [0.25, 0.3) is 0 Å². The molecular formula is C26H31ClF3N3O7. The second-order valence-electron chi connectivity index (χ2n) is 9.56. The Morgan fingerprint density at radius 3 is 2.25 bits per heavy atom. The quantitative estimate of drug-likeness (QED) is 0.312. The lowest BCUT2D eigenvalue weighted by Crippen LogP contribution is -2.49. The highest BCUT2D eigenvalue weighted by Crippen LogP contribution is 2.34. The molecule has 0 aliphatic carbocycles. The number of phenols is 1. The molecule has 0 amide bonds. The van der Waals surface area contributed by atoms with Gasteiger partial charge >= 0.3 is 18.1 Å². The van der Waals surface area contributed by atoms with Gasteiger partial charge in [-0.3, -0.25) is 4.90 Å². The van der Waals surface area contributed by atoms with Crippen molar-refractivity contribution in [1.29, 1.82) is 0 Å². The number of halogens is 4. The number of phenolic OH excluding ortho intramolecular Hbond substituents is 1. The molecule has 2 atom stereocenters. The summed E-state index contributed by atoms with van der Waals surface area (Å²) >= 11 is 5.97. The van der Waals surface area contributed by atoms with Gasteiger partial charge < -0.3 is 35.4 Å². The van der Waals surface area contributed by atoms with Gasteiger partial charge in [-0.25, -0.2) is 9.59 Å². The molecule has 0 bridgehead atoms. The van der Waals surface area contributed by atoms with Crippen molar-refractivity contribution in [2.24, 2.45) is 0 Å². The molecule has 0 radical (unpaired) electrons. The number of hydrogen-bond donors (Lipinski definition) is 5. The summed E-state index contributed by atoms with van der Waals surface area (Å²) in [6.45, 7) is 3.31. The Kier molecular flexibility index (Phi) is 10.9. The molecule has 2 saturated heterocycles. The van der Waals surface area contributed by atoms with Gasteiger partial charge in [0.1, 0.15) is 11.5 Å². The van der Waals surface area contributed by atoms with E-state index in [1.165, 1.54) is 11.6 Å². The van der Waals surface area contributed by atoms with Gasteiger partial charge in [-0.05, 0) is 55.8 Å². The first kappa shape index (κ1) is 31.3. The molecule has 2 fully saturated rings. The molecule has 2 aliphatic rings. The normalized spacial score (nSPS) is 20.1. The Hall–Kier alpha value is -3.26. The van der Waals surface area contributed by atoms with Gasteiger partial charge in [-0.2, -0.15) is 13.2 Å². The van der Waals surface area contributed by atoms with Crippen LogP contribution >= 0.6 is 11.6 Å². The molecule has 14 heteroatoms. The fraction of sp³-hybridized carbons (Fsp3) is 0.462. The summed E-state index contributed by atoms with van der Waals surface area (Å²) in [5, 5.41) is 41.0. The number of ether oxygens (including phenoxy) is 1. The van der Waals surface area contributed by atoms with E-state index < -0.39 is 30.8 Å². The number of alkyl halides is 3. The first-order valence-corrected chi connectivity index (χ1v) is 12.8. The number of carboxylic acids is 2. The maximum atomic E-state index is 10.9. The van der Waals surface area contributed by atoms with Crippen molar-refractivity contribution in [2.75, 3.05) is 37.7 Å². The number of anilines is 1. The number of aliphatic hydroxyl groups is 1. The lowest BCUT2D eigenvalue weighted by molar-refractivity contribution is -0.192. The molecule has 10 nitrogen and oxygen atoms in total. The predicted octanol–water partition coefficient (Wildman–Crippen LogP) is 2.95. The van der Waals surface area contributed by atoms with Crippen LogP contribution in [0.3, 0.4) is 0 Å². The number of carboxylic acid groups (broad SMARTS) is 2. The van der Waals surface area contributed by atoms with Crippen molar-refractivity contribution in [3.63, 3.8) is 0 Å². The number of benzene rings is 2. The van der Waals surface area contributed by atoms with E-state index in [2.05, 4.69) is 22.3 Å². The maximum Gasteiger partial charge on any atom is 0.490 e. The minimum absolute atomic E-state index is 0.0617. The van der Waals surface area contributed by atoms with Crippen molar-refractivity contribution in [2.45, 2.75) is 43.8 Å². The second kappa shape index (κ2) is 13.9. The number of aromatic hydroxyl groups is 1. The number of rotatable bonds is 8. The summed E-state index contributed by atoms with van der Waals surface area (Å²) in [5.41, 5.74) is 1.83.